The number of anilines is 2. The van der Waals surface area contributed by atoms with Crippen LogP contribution in [0, 0.1) is 0 Å². The maximum absolute atomic E-state index is 10.6. The average Bonchev–Trinajstić information content (AvgIpc) is 2.70. The fourth-order valence-electron chi connectivity index (χ4n) is 1.22. The van der Waals surface area contributed by atoms with Crippen molar-refractivity contribution in [3.8, 4) is 0 Å². The Morgan fingerprint density at radius 1 is 1.25 bits per heavy atom. The number of hydrogen-bond donors (Lipinski definition) is 2. The lowest BCUT2D eigenvalue weighted by Gasteiger charge is -2.04. The summed E-state index contributed by atoms with van der Waals surface area (Å²) in [6.07, 6.45) is 0. The molecule has 0 aliphatic carbocycles. The maximum Gasteiger partial charge on any atom is 0.371 e. The van der Waals surface area contributed by atoms with Crippen molar-refractivity contribution >= 4 is 33.5 Å². The molecule has 0 amide bonds. The molecule has 0 unspecified atom stereocenters. The number of carboxylic acids is 1. The number of carbonyl (C=O) groups is 1. The third kappa shape index (κ3) is 2.25. The lowest BCUT2D eigenvalue weighted by molar-refractivity contribution is 0.0663. The van der Waals surface area contributed by atoms with Crippen molar-refractivity contribution in [2.24, 2.45) is 0 Å². The predicted octanol–water partition coefficient (Wildman–Crippen LogP) is 3.48. The zero-order valence-corrected chi connectivity index (χ0v) is 9.69. The third-order valence-corrected chi connectivity index (χ3v) is 2.64. The first-order valence-electron chi connectivity index (χ1n) is 4.51. The number of para-hydroxylation sites is 1. The second-order valence-electron chi connectivity index (χ2n) is 3.07. The minimum Gasteiger partial charge on any atom is -0.475 e. The van der Waals surface area contributed by atoms with Crippen LogP contribution >= 0.6 is 15.9 Å². The molecule has 0 spiro atoms. The van der Waals surface area contributed by atoms with Crippen molar-refractivity contribution in [1.29, 1.82) is 0 Å². The van der Waals surface area contributed by atoms with Crippen LogP contribution in [0.2, 0.25) is 0 Å². The van der Waals surface area contributed by atoms with E-state index in [0.717, 1.165) is 10.2 Å². The van der Waals surface area contributed by atoms with E-state index in [1.165, 1.54) is 6.07 Å². The van der Waals surface area contributed by atoms with Crippen LogP contribution in [0.25, 0.3) is 0 Å². The summed E-state index contributed by atoms with van der Waals surface area (Å²) in [5.41, 5.74) is 0.814. The predicted molar refractivity (Wildman–Crippen MR) is 63.1 cm³/mol. The van der Waals surface area contributed by atoms with Gasteiger partial charge in [0.25, 0.3) is 0 Å². The molecule has 0 fully saturated rings. The molecule has 0 saturated carbocycles. The molecule has 16 heavy (non-hydrogen) atoms. The van der Waals surface area contributed by atoms with Crippen LogP contribution in [0.5, 0.6) is 0 Å². The van der Waals surface area contributed by atoms with Gasteiger partial charge in [-0.2, -0.15) is 0 Å². The Kier molecular flexibility index (Phi) is 2.96. The van der Waals surface area contributed by atoms with E-state index in [0.29, 0.717) is 5.88 Å². The van der Waals surface area contributed by atoms with Crippen molar-refractivity contribution in [3.63, 3.8) is 0 Å². The normalized spacial score (nSPS) is 10.1. The van der Waals surface area contributed by atoms with Gasteiger partial charge >= 0.3 is 5.97 Å². The lowest BCUT2D eigenvalue weighted by atomic mass is 10.3. The Bertz CT molecular complexity index is 521. The van der Waals surface area contributed by atoms with E-state index in [4.69, 9.17) is 9.52 Å². The van der Waals surface area contributed by atoms with E-state index in [9.17, 15) is 4.79 Å². The molecule has 0 aliphatic rings. The summed E-state index contributed by atoms with van der Waals surface area (Å²) in [4.78, 5) is 10.6. The van der Waals surface area contributed by atoms with Crippen LogP contribution in [0.4, 0.5) is 11.6 Å². The second kappa shape index (κ2) is 4.40. The number of benzene rings is 1. The standard InChI is InChI=1S/C11H8BrNO3/c12-7-3-1-2-4-8(7)13-10-6-5-9(16-10)11(14)15/h1-6,13H,(H,14,15). The molecule has 1 aromatic carbocycles. The van der Waals surface area contributed by atoms with E-state index in [1.54, 1.807) is 6.07 Å². The number of hydrogen-bond acceptors (Lipinski definition) is 3. The molecule has 82 valence electrons. The molecule has 0 atom stereocenters. The second-order valence-corrected chi connectivity index (χ2v) is 3.93. The van der Waals surface area contributed by atoms with Gasteiger partial charge in [0.2, 0.25) is 5.76 Å². The molecule has 2 N–H and O–H groups in total. The highest BCUT2D eigenvalue weighted by Crippen LogP contribution is 2.26. The molecule has 1 aromatic heterocycles. The summed E-state index contributed by atoms with van der Waals surface area (Å²) in [5, 5.41) is 11.7. The SMILES string of the molecule is O=C(O)c1ccc(Nc2ccccc2Br)o1. The summed E-state index contributed by atoms with van der Waals surface area (Å²) in [7, 11) is 0. The molecule has 4 nitrogen and oxygen atoms in total. The highest BCUT2D eigenvalue weighted by Gasteiger charge is 2.09. The Morgan fingerprint density at radius 2 is 2.00 bits per heavy atom. The van der Waals surface area contributed by atoms with Gasteiger partial charge in [0, 0.05) is 10.5 Å². The van der Waals surface area contributed by atoms with E-state index in [-0.39, 0.29) is 5.76 Å². The van der Waals surface area contributed by atoms with E-state index in [1.807, 2.05) is 24.3 Å². The molecule has 1 heterocycles. The number of halogens is 1. The fourth-order valence-corrected chi connectivity index (χ4v) is 1.60. The molecule has 2 rings (SSSR count). The zero-order chi connectivity index (χ0) is 11.5. The lowest BCUT2D eigenvalue weighted by Crippen LogP contribution is -1.92. The summed E-state index contributed by atoms with van der Waals surface area (Å²) in [6.45, 7) is 0. The van der Waals surface area contributed by atoms with Crippen molar-refractivity contribution in [3.05, 3.63) is 46.6 Å². The minimum absolute atomic E-state index is 0.0884. The van der Waals surface area contributed by atoms with Crippen LogP contribution in [0.1, 0.15) is 10.6 Å². The fraction of sp³-hybridized carbons (Fsp3) is 0. The first-order valence-corrected chi connectivity index (χ1v) is 5.31. The number of rotatable bonds is 3. The van der Waals surface area contributed by atoms with Crippen molar-refractivity contribution in [2.45, 2.75) is 0 Å². The summed E-state index contributed by atoms with van der Waals surface area (Å²) >= 11 is 3.37. The van der Waals surface area contributed by atoms with E-state index < -0.39 is 5.97 Å². The van der Waals surface area contributed by atoms with Crippen molar-refractivity contribution < 1.29 is 14.3 Å². The first-order chi connectivity index (χ1) is 7.66. The van der Waals surface area contributed by atoms with Crippen LogP contribution in [-0.4, -0.2) is 11.1 Å². The summed E-state index contributed by atoms with van der Waals surface area (Å²) in [5.74, 6) is -0.779. The largest absolute Gasteiger partial charge is 0.475 e. The van der Waals surface area contributed by atoms with Crippen LogP contribution < -0.4 is 5.32 Å². The number of nitrogens with one attached hydrogen (secondary N) is 1. The third-order valence-electron chi connectivity index (χ3n) is 1.95. The Labute approximate surface area is 100 Å². The Morgan fingerprint density at radius 3 is 2.62 bits per heavy atom. The highest BCUT2D eigenvalue weighted by atomic mass is 79.9. The van der Waals surface area contributed by atoms with Crippen molar-refractivity contribution in [2.75, 3.05) is 5.32 Å². The Hall–Kier alpha value is -1.75. The molecule has 0 bridgehead atoms. The molecular weight excluding hydrogens is 274 g/mol. The molecule has 0 radical (unpaired) electrons. The minimum atomic E-state index is -1.08. The first kappa shape index (κ1) is 10.8. The highest BCUT2D eigenvalue weighted by molar-refractivity contribution is 9.10. The Balaban J connectivity index is 2.21. The van der Waals surface area contributed by atoms with Crippen LogP contribution in [0.15, 0.2) is 45.3 Å². The van der Waals surface area contributed by atoms with Gasteiger partial charge in [-0.1, -0.05) is 12.1 Å². The summed E-state index contributed by atoms with van der Waals surface area (Å²) < 4.78 is 5.95. The molecule has 0 aliphatic heterocycles. The van der Waals surface area contributed by atoms with Gasteiger partial charge in [-0.05, 0) is 34.1 Å². The number of furan rings is 1. The van der Waals surface area contributed by atoms with Crippen LogP contribution in [0.3, 0.4) is 0 Å². The van der Waals surface area contributed by atoms with E-state index >= 15 is 0 Å². The molecule has 5 heteroatoms. The van der Waals surface area contributed by atoms with E-state index in [2.05, 4.69) is 21.2 Å². The van der Waals surface area contributed by atoms with Crippen LogP contribution in [-0.2, 0) is 0 Å². The quantitative estimate of drug-likeness (QED) is 0.904. The topological polar surface area (TPSA) is 62.5 Å². The smallest absolute Gasteiger partial charge is 0.371 e. The van der Waals surface area contributed by atoms with Gasteiger partial charge in [-0.15, -0.1) is 0 Å². The summed E-state index contributed by atoms with van der Waals surface area (Å²) in [6, 6.07) is 10.5. The number of carboxylic acid groups (broad SMARTS) is 1. The maximum atomic E-state index is 10.6. The molecular formula is C11H8BrNO3. The molecule has 0 saturated heterocycles. The average molecular weight is 282 g/mol. The molecule has 2 aromatic rings. The zero-order valence-electron chi connectivity index (χ0n) is 8.11. The van der Waals surface area contributed by atoms with Gasteiger partial charge in [0.1, 0.15) is 0 Å². The van der Waals surface area contributed by atoms with Gasteiger partial charge in [-0.3, -0.25) is 0 Å². The van der Waals surface area contributed by atoms with Crippen molar-refractivity contribution in [1.82, 2.24) is 0 Å². The monoisotopic (exact) mass is 281 g/mol. The number of aromatic carboxylic acids is 1. The van der Waals surface area contributed by atoms with Gasteiger partial charge in [0.05, 0.1) is 5.69 Å². The van der Waals surface area contributed by atoms with Gasteiger partial charge in [0.15, 0.2) is 5.88 Å². The van der Waals surface area contributed by atoms with Gasteiger partial charge < -0.3 is 14.8 Å². The van der Waals surface area contributed by atoms with Gasteiger partial charge in [-0.25, -0.2) is 4.79 Å².